The molecule has 0 aromatic rings. The summed E-state index contributed by atoms with van der Waals surface area (Å²) in [6, 6.07) is 0. The van der Waals surface area contributed by atoms with Crippen LogP contribution in [0.1, 0.15) is 33.6 Å². The summed E-state index contributed by atoms with van der Waals surface area (Å²) in [4.78, 5) is 11.1. The zero-order valence-electron chi connectivity index (χ0n) is 8.44. The predicted molar refractivity (Wildman–Crippen MR) is 49.0 cm³/mol. The Morgan fingerprint density at radius 2 is 2.08 bits per heavy atom. The summed E-state index contributed by atoms with van der Waals surface area (Å²) in [7, 11) is 1.42. The molecule has 0 spiro atoms. The van der Waals surface area contributed by atoms with Crippen LogP contribution >= 0.6 is 0 Å². The van der Waals surface area contributed by atoms with Crippen LogP contribution in [0.25, 0.3) is 0 Å². The second kappa shape index (κ2) is 5.14. The minimum absolute atomic E-state index is 0.148. The highest BCUT2D eigenvalue weighted by molar-refractivity contribution is 5.80. The molecule has 1 heterocycles. The van der Waals surface area contributed by atoms with E-state index in [9.17, 15) is 4.79 Å². The highest BCUT2D eigenvalue weighted by atomic mass is 16.5. The van der Waals surface area contributed by atoms with Crippen LogP contribution in [0.3, 0.4) is 0 Å². The molecule has 1 N–H and O–H groups in total. The smallest absolute Gasteiger partial charge is 0.325 e. The molecule has 1 saturated heterocycles. The lowest BCUT2D eigenvalue weighted by Crippen LogP contribution is -2.45. The van der Waals surface area contributed by atoms with Gasteiger partial charge in [-0.3, -0.25) is 4.79 Å². The number of rotatable bonds is 1. The van der Waals surface area contributed by atoms with Crippen LogP contribution in [0.15, 0.2) is 0 Å². The summed E-state index contributed by atoms with van der Waals surface area (Å²) in [5.41, 5.74) is -0.408. The average molecular weight is 173 g/mol. The maximum Gasteiger partial charge on any atom is 0.325 e. The Kier molecular flexibility index (Phi) is 4.90. The molecular weight excluding hydrogens is 154 g/mol. The summed E-state index contributed by atoms with van der Waals surface area (Å²) in [5.74, 6) is -0.148. The van der Waals surface area contributed by atoms with E-state index < -0.39 is 5.54 Å². The van der Waals surface area contributed by atoms with E-state index >= 15 is 0 Å². The fraction of sp³-hybridized carbons (Fsp3) is 0.889. The molecule has 0 radical (unpaired) electrons. The summed E-state index contributed by atoms with van der Waals surface area (Å²) in [6.45, 7) is 6.80. The molecule has 3 nitrogen and oxygen atoms in total. The van der Waals surface area contributed by atoms with Crippen molar-refractivity contribution < 1.29 is 9.53 Å². The fourth-order valence-corrected chi connectivity index (χ4v) is 1.29. The molecule has 1 atom stereocenters. The van der Waals surface area contributed by atoms with Crippen LogP contribution in [-0.2, 0) is 9.53 Å². The van der Waals surface area contributed by atoms with Gasteiger partial charge >= 0.3 is 5.97 Å². The predicted octanol–water partition coefficient (Wildman–Crippen LogP) is 1.33. The standard InChI is InChI=1S/C7H13NO2.C2H6/c1-7(6(9)10-2)4-3-5-8-7;1-2/h8H,3-5H2,1-2H3;1-2H3. The zero-order valence-corrected chi connectivity index (χ0v) is 8.44. The Balaban J connectivity index is 0.000000561. The van der Waals surface area contributed by atoms with Gasteiger partial charge in [0.25, 0.3) is 0 Å². The van der Waals surface area contributed by atoms with Crippen LogP contribution in [0, 0.1) is 0 Å². The second-order valence-corrected chi connectivity index (χ2v) is 2.85. The molecule has 1 unspecified atom stereocenters. The van der Waals surface area contributed by atoms with Crippen molar-refractivity contribution >= 4 is 5.97 Å². The lowest BCUT2D eigenvalue weighted by atomic mass is 10.0. The van der Waals surface area contributed by atoms with E-state index in [1.54, 1.807) is 0 Å². The Hall–Kier alpha value is -0.570. The molecule has 1 aliphatic rings. The van der Waals surface area contributed by atoms with Gasteiger partial charge in [0.1, 0.15) is 5.54 Å². The fourth-order valence-electron chi connectivity index (χ4n) is 1.29. The van der Waals surface area contributed by atoms with Gasteiger partial charge in [0, 0.05) is 0 Å². The second-order valence-electron chi connectivity index (χ2n) is 2.85. The van der Waals surface area contributed by atoms with Gasteiger partial charge in [0.15, 0.2) is 0 Å². The van der Waals surface area contributed by atoms with Crippen molar-refractivity contribution in [2.75, 3.05) is 13.7 Å². The molecule has 0 saturated carbocycles. The number of carbonyl (C=O) groups excluding carboxylic acids is 1. The van der Waals surface area contributed by atoms with Crippen molar-refractivity contribution in [1.29, 1.82) is 0 Å². The van der Waals surface area contributed by atoms with E-state index in [-0.39, 0.29) is 5.97 Å². The number of esters is 1. The van der Waals surface area contributed by atoms with Crippen LogP contribution in [0.5, 0.6) is 0 Å². The topological polar surface area (TPSA) is 38.3 Å². The minimum atomic E-state index is -0.408. The third-order valence-electron chi connectivity index (χ3n) is 2.00. The molecule has 1 aliphatic heterocycles. The van der Waals surface area contributed by atoms with Gasteiger partial charge < -0.3 is 10.1 Å². The van der Waals surface area contributed by atoms with E-state index in [1.165, 1.54) is 7.11 Å². The number of nitrogens with one attached hydrogen (secondary N) is 1. The van der Waals surface area contributed by atoms with Crippen molar-refractivity contribution in [3.63, 3.8) is 0 Å². The van der Waals surface area contributed by atoms with Gasteiger partial charge in [0.05, 0.1) is 7.11 Å². The summed E-state index contributed by atoms with van der Waals surface area (Å²) in [5, 5.41) is 3.11. The summed E-state index contributed by atoms with van der Waals surface area (Å²) >= 11 is 0. The van der Waals surface area contributed by atoms with E-state index in [1.807, 2.05) is 20.8 Å². The Labute approximate surface area is 74.5 Å². The molecule has 72 valence electrons. The zero-order chi connectivity index (χ0) is 9.61. The number of ether oxygens (including phenoxy) is 1. The van der Waals surface area contributed by atoms with Gasteiger partial charge in [-0.15, -0.1) is 0 Å². The van der Waals surface area contributed by atoms with E-state index in [2.05, 4.69) is 10.1 Å². The summed E-state index contributed by atoms with van der Waals surface area (Å²) in [6.07, 6.45) is 1.95. The molecule has 0 bridgehead atoms. The molecule has 0 aliphatic carbocycles. The van der Waals surface area contributed by atoms with Gasteiger partial charge in [-0.05, 0) is 26.3 Å². The first kappa shape index (κ1) is 11.4. The Morgan fingerprint density at radius 3 is 2.42 bits per heavy atom. The first-order chi connectivity index (χ1) is 5.69. The minimum Gasteiger partial charge on any atom is -0.468 e. The van der Waals surface area contributed by atoms with Crippen LogP contribution in [0.4, 0.5) is 0 Å². The van der Waals surface area contributed by atoms with Gasteiger partial charge in [-0.2, -0.15) is 0 Å². The average Bonchev–Trinajstić information content (AvgIpc) is 2.55. The molecule has 0 aromatic carbocycles. The SMILES string of the molecule is CC.COC(=O)C1(C)CCCN1. The molecular formula is C9H19NO2. The summed E-state index contributed by atoms with van der Waals surface area (Å²) < 4.78 is 4.64. The molecule has 1 fully saturated rings. The van der Waals surface area contributed by atoms with Crippen molar-refractivity contribution in [2.24, 2.45) is 0 Å². The largest absolute Gasteiger partial charge is 0.468 e. The molecule has 0 aromatic heterocycles. The monoisotopic (exact) mass is 173 g/mol. The maximum absolute atomic E-state index is 11.1. The van der Waals surface area contributed by atoms with Crippen LogP contribution in [-0.4, -0.2) is 25.2 Å². The normalized spacial score (nSPS) is 27.3. The first-order valence-corrected chi connectivity index (χ1v) is 4.52. The molecule has 12 heavy (non-hydrogen) atoms. The lowest BCUT2D eigenvalue weighted by molar-refractivity contribution is -0.147. The highest BCUT2D eigenvalue weighted by Crippen LogP contribution is 2.19. The maximum atomic E-state index is 11.1. The molecule has 1 rings (SSSR count). The third-order valence-corrected chi connectivity index (χ3v) is 2.00. The van der Waals surface area contributed by atoms with Gasteiger partial charge in [-0.25, -0.2) is 0 Å². The van der Waals surface area contributed by atoms with Gasteiger partial charge in [0.2, 0.25) is 0 Å². The van der Waals surface area contributed by atoms with Crippen molar-refractivity contribution in [1.82, 2.24) is 5.32 Å². The van der Waals surface area contributed by atoms with Crippen molar-refractivity contribution in [2.45, 2.75) is 39.2 Å². The van der Waals surface area contributed by atoms with E-state index in [0.717, 1.165) is 19.4 Å². The Bertz CT molecular complexity index is 139. The number of carbonyl (C=O) groups is 1. The van der Waals surface area contributed by atoms with Crippen molar-refractivity contribution in [3.8, 4) is 0 Å². The number of hydrogen-bond acceptors (Lipinski definition) is 3. The quantitative estimate of drug-likeness (QED) is 0.608. The van der Waals surface area contributed by atoms with E-state index in [0.29, 0.717) is 0 Å². The number of hydrogen-bond donors (Lipinski definition) is 1. The van der Waals surface area contributed by atoms with Crippen LogP contribution < -0.4 is 5.32 Å². The van der Waals surface area contributed by atoms with E-state index in [4.69, 9.17) is 0 Å². The Morgan fingerprint density at radius 1 is 1.50 bits per heavy atom. The number of methoxy groups -OCH3 is 1. The third kappa shape index (κ3) is 2.48. The van der Waals surface area contributed by atoms with Crippen molar-refractivity contribution in [3.05, 3.63) is 0 Å². The molecule has 0 amide bonds. The highest BCUT2D eigenvalue weighted by Gasteiger charge is 2.36. The van der Waals surface area contributed by atoms with Crippen LogP contribution in [0.2, 0.25) is 0 Å². The first-order valence-electron chi connectivity index (χ1n) is 4.52. The molecule has 3 heteroatoms. The lowest BCUT2D eigenvalue weighted by Gasteiger charge is -2.19. The van der Waals surface area contributed by atoms with Gasteiger partial charge in [-0.1, -0.05) is 13.8 Å².